The standard InChI is InChI=1S/C14H16BrNO3/c1-9-2-5-12(15)11(8-9)14(19)16(10-3-4-10)7-6-13(17)18/h2,5,8,10H,3-4,6-7H2,1H3,(H,17,18). The number of aryl methyl sites for hydroxylation is 1. The number of halogens is 1. The molecule has 0 atom stereocenters. The number of hydrogen-bond acceptors (Lipinski definition) is 2. The zero-order chi connectivity index (χ0) is 14.0. The molecule has 0 saturated heterocycles. The Morgan fingerprint density at radius 3 is 2.68 bits per heavy atom. The van der Waals surface area contributed by atoms with Crippen molar-refractivity contribution in [2.75, 3.05) is 6.54 Å². The molecule has 0 spiro atoms. The Morgan fingerprint density at radius 2 is 2.11 bits per heavy atom. The maximum Gasteiger partial charge on any atom is 0.305 e. The van der Waals surface area contributed by atoms with Gasteiger partial charge in [0.1, 0.15) is 0 Å². The molecule has 102 valence electrons. The number of carboxylic acid groups (broad SMARTS) is 1. The van der Waals surface area contributed by atoms with Gasteiger partial charge in [-0.05, 0) is 47.8 Å². The van der Waals surface area contributed by atoms with Crippen LogP contribution in [-0.4, -0.2) is 34.5 Å². The molecule has 1 aromatic rings. The van der Waals surface area contributed by atoms with Crippen LogP contribution in [0.15, 0.2) is 22.7 Å². The van der Waals surface area contributed by atoms with Crippen molar-refractivity contribution in [2.24, 2.45) is 0 Å². The van der Waals surface area contributed by atoms with Gasteiger partial charge in [0, 0.05) is 17.1 Å². The lowest BCUT2D eigenvalue weighted by Gasteiger charge is -2.22. The second kappa shape index (κ2) is 5.74. The minimum atomic E-state index is -0.873. The molecule has 1 N–H and O–H groups in total. The lowest BCUT2D eigenvalue weighted by atomic mass is 10.1. The van der Waals surface area contributed by atoms with Crippen LogP contribution >= 0.6 is 15.9 Å². The Bertz CT molecular complexity index is 511. The zero-order valence-corrected chi connectivity index (χ0v) is 12.3. The maximum atomic E-state index is 12.5. The monoisotopic (exact) mass is 325 g/mol. The molecule has 0 heterocycles. The highest BCUT2D eigenvalue weighted by Gasteiger charge is 2.33. The molecule has 2 rings (SSSR count). The molecule has 0 aromatic heterocycles. The largest absolute Gasteiger partial charge is 0.481 e. The topological polar surface area (TPSA) is 57.6 Å². The Kier molecular flexibility index (Phi) is 4.24. The summed E-state index contributed by atoms with van der Waals surface area (Å²) >= 11 is 3.39. The van der Waals surface area contributed by atoms with Crippen molar-refractivity contribution in [2.45, 2.75) is 32.2 Å². The molecule has 1 aliphatic carbocycles. The van der Waals surface area contributed by atoms with E-state index >= 15 is 0 Å². The summed E-state index contributed by atoms with van der Waals surface area (Å²) < 4.78 is 0.754. The van der Waals surface area contributed by atoms with Gasteiger partial charge in [-0.25, -0.2) is 0 Å². The summed E-state index contributed by atoms with van der Waals surface area (Å²) in [7, 11) is 0. The molecule has 0 bridgehead atoms. The van der Waals surface area contributed by atoms with Crippen LogP contribution < -0.4 is 0 Å². The molecular weight excluding hydrogens is 310 g/mol. The maximum absolute atomic E-state index is 12.5. The summed E-state index contributed by atoms with van der Waals surface area (Å²) in [6.07, 6.45) is 1.93. The van der Waals surface area contributed by atoms with E-state index in [-0.39, 0.29) is 24.9 Å². The van der Waals surface area contributed by atoms with E-state index in [0.717, 1.165) is 22.9 Å². The summed E-state index contributed by atoms with van der Waals surface area (Å²) in [4.78, 5) is 24.9. The lowest BCUT2D eigenvalue weighted by Crippen LogP contribution is -2.35. The molecule has 1 aliphatic rings. The minimum absolute atomic E-state index is 0.00826. The van der Waals surface area contributed by atoms with E-state index in [0.29, 0.717) is 5.56 Å². The van der Waals surface area contributed by atoms with Crippen LogP contribution in [-0.2, 0) is 4.79 Å². The van der Waals surface area contributed by atoms with E-state index in [4.69, 9.17) is 5.11 Å². The van der Waals surface area contributed by atoms with E-state index in [1.165, 1.54) is 0 Å². The van der Waals surface area contributed by atoms with Gasteiger partial charge in [0.05, 0.1) is 12.0 Å². The fourth-order valence-corrected chi connectivity index (χ4v) is 2.43. The summed E-state index contributed by atoms with van der Waals surface area (Å²) in [6, 6.07) is 5.83. The highest BCUT2D eigenvalue weighted by molar-refractivity contribution is 9.10. The first-order valence-corrected chi connectivity index (χ1v) is 7.07. The van der Waals surface area contributed by atoms with Crippen molar-refractivity contribution >= 4 is 27.8 Å². The van der Waals surface area contributed by atoms with Gasteiger partial charge in [0.15, 0.2) is 0 Å². The summed E-state index contributed by atoms with van der Waals surface area (Å²) in [5.41, 5.74) is 1.62. The Hall–Kier alpha value is -1.36. The molecule has 4 nitrogen and oxygen atoms in total. The number of carbonyl (C=O) groups excluding carboxylic acids is 1. The van der Waals surface area contributed by atoms with E-state index in [1.807, 2.05) is 25.1 Å². The number of amides is 1. The van der Waals surface area contributed by atoms with Crippen LogP contribution in [0.2, 0.25) is 0 Å². The fourth-order valence-electron chi connectivity index (χ4n) is 2.01. The second-order valence-electron chi connectivity index (χ2n) is 4.86. The number of benzene rings is 1. The highest BCUT2D eigenvalue weighted by Crippen LogP contribution is 2.30. The van der Waals surface area contributed by atoms with Gasteiger partial charge in [-0.2, -0.15) is 0 Å². The van der Waals surface area contributed by atoms with Crippen LogP contribution in [0.3, 0.4) is 0 Å². The van der Waals surface area contributed by atoms with Crippen molar-refractivity contribution in [3.8, 4) is 0 Å². The molecule has 0 aliphatic heterocycles. The van der Waals surface area contributed by atoms with Crippen molar-refractivity contribution in [3.63, 3.8) is 0 Å². The fraction of sp³-hybridized carbons (Fsp3) is 0.429. The van der Waals surface area contributed by atoms with Crippen LogP contribution in [0, 0.1) is 6.92 Å². The molecule has 0 unspecified atom stereocenters. The average Bonchev–Trinajstić information content (AvgIpc) is 3.16. The van der Waals surface area contributed by atoms with Gasteiger partial charge in [-0.15, -0.1) is 0 Å². The van der Waals surface area contributed by atoms with Gasteiger partial charge >= 0.3 is 5.97 Å². The molecule has 1 amide bonds. The third kappa shape index (κ3) is 3.56. The van der Waals surface area contributed by atoms with Gasteiger partial charge in [0.25, 0.3) is 5.91 Å². The third-order valence-electron chi connectivity index (χ3n) is 3.17. The van der Waals surface area contributed by atoms with Crippen molar-refractivity contribution in [1.29, 1.82) is 0 Å². The first kappa shape index (κ1) is 14.1. The Labute approximate surface area is 120 Å². The SMILES string of the molecule is Cc1ccc(Br)c(C(=O)N(CCC(=O)O)C2CC2)c1. The second-order valence-corrected chi connectivity index (χ2v) is 5.71. The quantitative estimate of drug-likeness (QED) is 0.905. The van der Waals surface area contributed by atoms with Gasteiger partial charge in [-0.3, -0.25) is 9.59 Å². The van der Waals surface area contributed by atoms with E-state index in [9.17, 15) is 9.59 Å². The number of carboxylic acids is 1. The molecule has 0 radical (unpaired) electrons. The minimum Gasteiger partial charge on any atom is -0.481 e. The normalized spacial score (nSPS) is 14.2. The molecule has 1 saturated carbocycles. The number of rotatable bonds is 5. The Morgan fingerprint density at radius 1 is 1.42 bits per heavy atom. The summed E-state index contributed by atoms with van der Waals surface area (Å²) in [5.74, 6) is -0.957. The van der Waals surface area contributed by atoms with E-state index in [1.54, 1.807) is 4.90 Å². The third-order valence-corrected chi connectivity index (χ3v) is 3.86. The number of aliphatic carboxylic acids is 1. The lowest BCUT2D eigenvalue weighted by molar-refractivity contribution is -0.137. The predicted octanol–water partition coefficient (Wildman–Crippen LogP) is 2.84. The van der Waals surface area contributed by atoms with Gasteiger partial charge in [0.2, 0.25) is 0 Å². The van der Waals surface area contributed by atoms with Crippen molar-refractivity contribution < 1.29 is 14.7 Å². The van der Waals surface area contributed by atoms with Crippen LogP contribution in [0.1, 0.15) is 35.2 Å². The van der Waals surface area contributed by atoms with Crippen LogP contribution in [0.25, 0.3) is 0 Å². The van der Waals surface area contributed by atoms with E-state index < -0.39 is 5.97 Å². The molecule has 1 fully saturated rings. The Balaban J connectivity index is 2.18. The number of carbonyl (C=O) groups is 2. The smallest absolute Gasteiger partial charge is 0.305 e. The molecular formula is C14H16BrNO3. The predicted molar refractivity (Wildman–Crippen MR) is 75.2 cm³/mol. The summed E-state index contributed by atoms with van der Waals surface area (Å²) in [6.45, 7) is 2.21. The van der Waals surface area contributed by atoms with Gasteiger partial charge in [-0.1, -0.05) is 11.6 Å². The van der Waals surface area contributed by atoms with Gasteiger partial charge < -0.3 is 10.0 Å². The van der Waals surface area contributed by atoms with E-state index in [2.05, 4.69) is 15.9 Å². The number of hydrogen-bond donors (Lipinski definition) is 1. The highest BCUT2D eigenvalue weighted by atomic mass is 79.9. The first-order valence-electron chi connectivity index (χ1n) is 6.28. The molecule has 19 heavy (non-hydrogen) atoms. The van der Waals surface area contributed by atoms with Crippen LogP contribution in [0.4, 0.5) is 0 Å². The molecule has 5 heteroatoms. The zero-order valence-electron chi connectivity index (χ0n) is 10.7. The van der Waals surface area contributed by atoms with Crippen LogP contribution in [0.5, 0.6) is 0 Å². The summed E-state index contributed by atoms with van der Waals surface area (Å²) in [5, 5.41) is 8.77. The molecule has 1 aromatic carbocycles. The number of nitrogens with zero attached hydrogens (tertiary/aromatic N) is 1. The van der Waals surface area contributed by atoms with Crippen molar-refractivity contribution in [3.05, 3.63) is 33.8 Å². The van der Waals surface area contributed by atoms with Crippen molar-refractivity contribution in [1.82, 2.24) is 4.90 Å². The average molecular weight is 326 g/mol. The first-order chi connectivity index (χ1) is 8.99.